The first-order valence-electron chi connectivity index (χ1n) is 3.05. The first-order valence-corrected chi connectivity index (χ1v) is 3.05. The van der Waals surface area contributed by atoms with Crippen molar-refractivity contribution in [2.24, 2.45) is 0 Å². The summed E-state index contributed by atoms with van der Waals surface area (Å²) < 4.78 is 1.58. The number of rotatable bonds is 3. The smallest absolute Gasteiger partial charge is 0.168 e. The molecule has 0 spiro atoms. The Bertz CT molecular complexity index is 197. The van der Waals surface area contributed by atoms with Gasteiger partial charge in [0.15, 0.2) is 5.82 Å². The number of nitrogens with one attached hydrogen (secondary N) is 1. The summed E-state index contributed by atoms with van der Waals surface area (Å²) in [5.41, 5.74) is 0. The molecule has 10 heavy (non-hydrogen) atoms. The Labute approximate surface area is 58.7 Å². The van der Waals surface area contributed by atoms with Gasteiger partial charge in [0.1, 0.15) is 0 Å². The number of anilines is 1. The predicted molar refractivity (Wildman–Crippen MR) is 36.7 cm³/mol. The summed E-state index contributed by atoms with van der Waals surface area (Å²) in [6, 6.07) is 0. The fourth-order valence-electron chi connectivity index (χ4n) is 0.625. The Hall–Kier alpha value is -1.10. The van der Waals surface area contributed by atoms with Crippen LogP contribution in [0.5, 0.6) is 0 Å². The molecule has 0 saturated heterocycles. The minimum Gasteiger partial charge on any atom is -0.394 e. The van der Waals surface area contributed by atoms with Gasteiger partial charge in [-0.2, -0.15) is 0 Å². The van der Waals surface area contributed by atoms with Crippen molar-refractivity contribution in [3.05, 3.63) is 6.20 Å². The van der Waals surface area contributed by atoms with E-state index in [1.807, 2.05) is 0 Å². The average molecular weight is 142 g/mol. The van der Waals surface area contributed by atoms with Crippen molar-refractivity contribution >= 4 is 5.82 Å². The van der Waals surface area contributed by atoms with Crippen LogP contribution in [0.3, 0.4) is 0 Å². The van der Waals surface area contributed by atoms with Crippen LogP contribution in [-0.2, 0) is 6.54 Å². The van der Waals surface area contributed by atoms with Crippen molar-refractivity contribution in [2.45, 2.75) is 6.54 Å². The Balaban J connectivity index is 2.59. The van der Waals surface area contributed by atoms with Crippen LogP contribution in [0.15, 0.2) is 6.20 Å². The maximum Gasteiger partial charge on any atom is 0.168 e. The largest absolute Gasteiger partial charge is 0.394 e. The minimum absolute atomic E-state index is 0.0898. The molecule has 0 aliphatic heterocycles. The van der Waals surface area contributed by atoms with Gasteiger partial charge in [-0.3, -0.25) is 0 Å². The molecule has 1 rings (SSSR count). The molecule has 0 aliphatic carbocycles. The van der Waals surface area contributed by atoms with Gasteiger partial charge in [-0.1, -0.05) is 5.21 Å². The Morgan fingerprint density at radius 1 is 1.80 bits per heavy atom. The molecular formula is C5H10N4O. The van der Waals surface area contributed by atoms with Gasteiger partial charge in [-0.05, 0) is 0 Å². The van der Waals surface area contributed by atoms with Gasteiger partial charge < -0.3 is 10.4 Å². The van der Waals surface area contributed by atoms with E-state index in [-0.39, 0.29) is 6.61 Å². The van der Waals surface area contributed by atoms with Crippen LogP contribution in [0.1, 0.15) is 0 Å². The summed E-state index contributed by atoms with van der Waals surface area (Å²) >= 11 is 0. The molecule has 1 heterocycles. The van der Waals surface area contributed by atoms with E-state index in [0.29, 0.717) is 12.4 Å². The van der Waals surface area contributed by atoms with Gasteiger partial charge in [0.2, 0.25) is 0 Å². The van der Waals surface area contributed by atoms with Crippen LogP contribution in [0.2, 0.25) is 0 Å². The molecule has 56 valence electrons. The minimum atomic E-state index is 0.0898. The lowest BCUT2D eigenvalue weighted by Crippen LogP contribution is -2.02. The first-order chi connectivity index (χ1) is 4.86. The Morgan fingerprint density at radius 2 is 2.60 bits per heavy atom. The lowest BCUT2D eigenvalue weighted by molar-refractivity contribution is 0.268. The standard InChI is InChI=1S/C5H10N4O/c1-6-5-4-9(2-3-10)8-7-5/h4,6,10H,2-3H2,1H3. The number of hydrogen-bond donors (Lipinski definition) is 2. The maximum atomic E-state index is 8.49. The number of aromatic nitrogens is 3. The van der Waals surface area contributed by atoms with E-state index in [9.17, 15) is 0 Å². The fraction of sp³-hybridized carbons (Fsp3) is 0.600. The lowest BCUT2D eigenvalue weighted by Gasteiger charge is -1.91. The summed E-state index contributed by atoms with van der Waals surface area (Å²) in [5, 5.41) is 18.8. The van der Waals surface area contributed by atoms with Crippen molar-refractivity contribution in [3.63, 3.8) is 0 Å². The summed E-state index contributed by atoms with van der Waals surface area (Å²) in [7, 11) is 1.77. The molecule has 0 saturated carbocycles. The molecule has 0 atom stereocenters. The monoisotopic (exact) mass is 142 g/mol. The molecule has 5 nitrogen and oxygen atoms in total. The van der Waals surface area contributed by atoms with E-state index in [0.717, 1.165) is 0 Å². The molecule has 0 fully saturated rings. The highest BCUT2D eigenvalue weighted by Gasteiger charge is 1.94. The zero-order valence-electron chi connectivity index (χ0n) is 5.78. The second-order valence-corrected chi connectivity index (χ2v) is 1.84. The van der Waals surface area contributed by atoms with E-state index in [4.69, 9.17) is 5.11 Å². The van der Waals surface area contributed by atoms with Crippen molar-refractivity contribution in [1.29, 1.82) is 0 Å². The van der Waals surface area contributed by atoms with Gasteiger partial charge in [-0.25, -0.2) is 4.68 Å². The second kappa shape index (κ2) is 3.17. The summed E-state index contributed by atoms with van der Waals surface area (Å²) in [6.45, 7) is 0.585. The number of aliphatic hydroxyl groups is 1. The lowest BCUT2D eigenvalue weighted by atomic mass is 10.7. The van der Waals surface area contributed by atoms with Gasteiger partial charge in [-0.15, -0.1) is 5.10 Å². The Kier molecular flexibility index (Phi) is 2.22. The highest BCUT2D eigenvalue weighted by molar-refractivity contribution is 5.27. The van der Waals surface area contributed by atoms with Gasteiger partial charge in [0, 0.05) is 7.05 Å². The third-order valence-electron chi connectivity index (χ3n) is 1.12. The number of hydrogen-bond acceptors (Lipinski definition) is 4. The predicted octanol–water partition coefficient (Wildman–Crippen LogP) is -0.688. The van der Waals surface area contributed by atoms with Crippen LogP contribution in [0.25, 0.3) is 0 Å². The Morgan fingerprint density at radius 3 is 3.10 bits per heavy atom. The van der Waals surface area contributed by atoms with Crippen molar-refractivity contribution in [1.82, 2.24) is 15.0 Å². The van der Waals surface area contributed by atoms with Crippen LogP contribution < -0.4 is 5.32 Å². The summed E-state index contributed by atoms with van der Waals surface area (Å²) in [5.74, 6) is 0.716. The van der Waals surface area contributed by atoms with E-state index in [1.165, 1.54) is 0 Å². The van der Waals surface area contributed by atoms with Gasteiger partial charge in [0.25, 0.3) is 0 Å². The van der Waals surface area contributed by atoms with Crippen molar-refractivity contribution in [2.75, 3.05) is 19.0 Å². The van der Waals surface area contributed by atoms with Crippen molar-refractivity contribution < 1.29 is 5.11 Å². The highest BCUT2D eigenvalue weighted by atomic mass is 16.3. The van der Waals surface area contributed by atoms with Crippen LogP contribution in [-0.4, -0.2) is 33.8 Å². The molecule has 0 aromatic carbocycles. The maximum absolute atomic E-state index is 8.49. The van der Waals surface area contributed by atoms with Crippen LogP contribution in [0, 0.1) is 0 Å². The third kappa shape index (κ3) is 1.44. The normalized spacial score (nSPS) is 9.80. The molecule has 0 bridgehead atoms. The highest BCUT2D eigenvalue weighted by Crippen LogP contribution is 1.96. The molecule has 5 heteroatoms. The molecule has 0 aliphatic rings. The van der Waals surface area contributed by atoms with Gasteiger partial charge >= 0.3 is 0 Å². The van der Waals surface area contributed by atoms with E-state index < -0.39 is 0 Å². The summed E-state index contributed by atoms with van der Waals surface area (Å²) in [4.78, 5) is 0. The summed E-state index contributed by atoms with van der Waals surface area (Å²) in [6.07, 6.45) is 1.73. The molecule has 1 aromatic heterocycles. The molecule has 0 amide bonds. The first kappa shape index (κ1) is 7.01. The quantitative estimate of drug-likeness (QED) is 0.586. The fourth-order valence-corrected chi connectivity index (χ4v) is 0.625. The number of nitrogens with zero attached hydrogens (tertiary/aromatic N) is 3. The molecular weight excluding hydrogens is 132 g/mol. The topological polar surface area (TPSA) is 63.0 Å². The SMILES string of the molecule is CNc1cn(CCO)nn1. The van der Waals surface area contributed by atoms with E-state index >= 15 is 0 Å². The van der Waals surface area contributed by atoms with E-state index in [1.54, 1.807) is 17.9 Å². The van der Waals surface area contributed by atoms with Crippen molar-refractivity contribution in [3.8, 4) is 0 Å². The third-order valence-corrected chi connectivity index (χ3v) is 1.12. The van der Waals surface area contributed by atoms with E-state index in [2.05, 4.69) is 15.6 Å². The molecule has 0 unspecified atom stereocenters. The van der Waals surface area contributed by atoms with Crippen LogP contribution >= 0.6 is 0 Å². The molecule has 2 N–H and O–H groups in total. The molecule has 1 aromatic rings. The number of aliphatic hydroxyl groups excluding tert-OH is 1. The van der Waals surface area contributed by atoms with Crippen LogP contribution in [0.4, 0.5) is 5.82 Å². The van der Waals surface area contributed by atoms with Gasteiger partial charge in [0.05, 0.1) is 19.3 Å². The zero-order chi connectivity index (χ0) is 7.40. The second-order valence-electron chi connectivity index (χ2n) is 1.84. The average Bonchev–Trinajstić information content (AvgIpc) is 2.37. The molecule has 0 radical (unpaired) electrons. The zero-order valence-corrected chi connectivity index (χ0v) is 5.78.